The fourth-order valence-electron chi connectivity index (χ4n) is 2.81. The molecule has 0 bridgehead atoms. The zero-order valence-corrected chi connectivity index (χ0v) is 14.0. The summed E-state index contributed by atoms with van der Waals surface area (Å²) in [5.74, 6) is -0.380. The van der Waals surface area contributed by atoms with E-state index in [1.165, 1.54) is 11.3 Å². The number of carbonyl (C=O) groups excluding carboxylic acids is 2. The molecule has 3 rings (SSSR count). The van der Waals surface area contributed by atoms with Crippen LogP contribution in [0.4, 0.5) is 0 Å². The van der Waals surface area contributed by atoms with E-state index >= 15 is 0 Å². The third-order valence-electron chi connectivity index (χ3n) is 3.99. The lowest BCUT2D eigenvalue weighted by Gasteiger charge is -2.29. The van der Waals surface area contributed by atoms with Crippen molar-refractivity contribution in [2.45, 2.75) is 27.2 Å². The van der Waals surface area contributed by atoms with Crippen LogP contribution in [-0.2, 0) is 4.79 Å². The number of carbonyl (C=O) groups is 2. The molecule has 2 aliphatic rings. The maximum Gasteiger partial charge on any atom is 0.296 e. The summed E-state index contributed by atoms with van der Waals surface area (Å²) in [6, 6.07) is 0. The van der Waals surface area contributed by atoms with Gasteiger partial charge >= 0.3 is 0 Å². The molecule has 2 amide bonds. The number of fused-ring (bicyclic) bond motifs is 1. The topological polar surface area (TPSA) is 71.4 Å². The minimum Gasteiger partial charge on any atom is -0.325 e. The van der Waals surface area contributed by atoms with Crippen molar-refractivity contribution in [3.8, 4) is 0 Å². The van der Waals surface area contributed by atoms with Gasteiger partial charge in [-0.2, -0.15) is 0 Å². The van der Waals surface area contributed by atoms with Gasteiger partial charge in [-0.15, -0.1) is 11.3 Å². The molecule has 1 atom stereocenters. The molecule has 2 heterocycles. The maximum absolute atomic E-state index is 12.1. The summed E-state index contributed by atoms with van der Waals surface area (Å²) >= 11 is 1.42. The zero-order chi connectivity index (χ0) is 16.6. The molecule has 1 aliphatic carbocycles. The minimum absolute atomic E-state index is 0.0539. The number of aryl methyl sites for hydroxylation is 1. The fourth-order valence-corrected chi connectivity index (χ4v) is 3.39. The van der Waals surface area contributed by atoms with Crippen molar-refractivity contribution < 1.29 is 9.59 Å². The molecule has 1 N–H and O–H groups in total. The van der Waals surface area contributed by atoms with Gasteiger partial charge in [0.15, 0.2) is 0 Å². The molecule has 0 aromatic carbocycles. The third kappa shape index (κ3) is 2.94. The standard InChI is InChI=1S/C17H17N3O2S/c1-4-12-9(2)13-6-5-11(7-14(13)20-16(12)21)19-17(22)15-8-23-10(3)18-15/h5-8,13H,4H2,1-3H3,(H,20,21). The van der Waals surface area contributed by atoms with Gasteiger partial charge in [-0.1, -0.05) is 18.6 Å². The monoisotopic (exact) mass is 327 g/mol. The molecule has 1 aliphatic heterocycles. The van der Waals surface area contributed by atoms with Gasteiger partial charge in [0.25, 0.3) is 11.8 Å². The van der Waals surface area contributed by atoms with E-state index in [1.807, 2.05) is 32.9 Å². The van der Waals surface area contributed by atoms with Gasteiger partial charge in [0.05, 0.1) is 10.7 Å². The minimum atomic E-state index is -0.368. The van der Waals surface area contributed by atoms with Crippen molar-refractivity contribution in [3.63, 3.8) is 0 Å². The second kappa shape index (κ2) is 6.04. The highest BCUT2D eigenvalue weighted by molar-refractivity contribution is 7.09. The molecule has 0 saturated carbocycles. The lowest BCUT2D eigenvalue weighted by molar-refractivity contribution is -0.117. The summed E-state index contributed by atoms with van der Waals surface area (Å²) in [6.07, 6.45) is 6.26. The first-order valence-corrected chi connectivity index (χ1v) is 8.33. The number of hydrogen-bond donors (Lipinski definition) is 1. The van der Waals surface area contributed by atoms with E-state index in [9.17, 15) is 9.59 Å². The Balaban J connectivity index is 1.89. The summed E-state index contributed by atoms with van der Waals surface area (Å²) < 4.78 is 0. The summed E-state index contributed by atoms with van der Waals surface area (Å²) in [7, 11) is 0. The molecule has 0 spiro atoms. The molecule has 0 fully saturated rings. The van der Waals surface area contributed by atoms with Crippen LogP contribution < -0.4 is 5.32 Å². The van der Waals surface area contributed by atoms with Crippen molar-refractivity contribution in [1.82, 2.24) is 10.3 Å². The summed E-state index contributed by atoms with van der Waals surface area (Å²) in [6.45, 7) is 5.80. The average Bonchev–Trinajstić information content (AvgIpc) is 2.94. The van der Waals surface area contributed by atoms with E-state index in [4.69, 9.17) is 0 Å². The molecule has 1 unspecified atom stereocenters. The smallest absolute Gasteiger partial charge is 0.296 e. The van der Waals surface area contributed by atoms with E-state index in [2.05, 4.69) is 15.3 Å². The Morgan fingerprint density at radius 1 is 1.43 bits per heavy atom. The first kappa shape index (κ1) is 15.6. The lowest BCUT2D eigenvalue weighted by Crippen LogP contribution is -2.36. The zero-order valence-electron chi connectivity index (χ0n) is 13.2. The molecule has 1 aromatic rings. The quantitative estimate of drug-likeness (QED) is 0.908. The Bertz CT molecular complexity index is 812. The Labute approximate surface area is 138 Å². The van der Waals surface area contributed by atoms with Crippen molar-refractivity contribution in [2.24, 2.45) is 10.9 Å². The van der Waals surface area contributed by atoms with Gasteiger partial charge in [-0.25, -0.2) is 9.98 Å². The van der Waals surface area contributed by atoms with E-state index < -0.39 is 0 Å². The molecule has 5 nitrogen and oxygen atoms in total. The number of aromatic nitrogens is 1. The summed E-state index contributed by atoms with van der Waals surface area (Å²) in [4.78, 5) is 32.4. The van der Waals surface area contributed by atoms with Crippen molar-refractivity contribution in [1.29, 1.82) is 0 Å². The molecule has 23 heavy (non-hydrogen) atoms. The van der Waals surface area contributed by atoms with Crippen molar-refractivity contribution in [3.05, 3.63) is 51.2 Å². The van der Waals surface area contributed by atoms with Gasteiger partial charge in [-0.3, -0.25) is 9.59 Å². The van der Waals surface area contributed by atoms with Gasteiger partial charge in [0.1, 0.15) is 5.69 Å². The highest BCUT2D eigenvalue weighted by atomic mass is 32.1. The van der Waals surface area contributed by atoms with Gasteiger partial charge in [0, 0.05) is 22.6 Å². The van der Waals surface area contributed by atoms with E-state index in [1.54, 1.807) is 11.5 Å². The van der Waals surface area contributed by atoms with Gasteiger partial charge in [0.2, 0.25) is 0 Å². The van der Waals surface area contributed by atoms with Crippen LogP contribution in [-0.4, -0.2) is 22.5 Å². The number of rotatable bonds is 2. The Hall–Kier alpha value is -2.34. The highest BCUT2D eigenvalue weighted by Gasteiger charge is 2.28. The Kier molecular flexibility index (Phi) is 4.09. The van der Waals surface area contributed by atoms with Crippen LogP contribution >= 0.6 is 11.3 Å². The van der Waals surface area contributed by atoms with Gasteiger partial charge in [-0.05, 0) is 32.4 Å². The van der Waals surface area contributed by atoms with Gasteiger partial charge < -0.3 is 5.32 Å². The third-order valence-corrected chi connectivity index (χ3v) is 4.77. The first-order valence-electron chi connectivity index (χ1n) is 7.45. The number of thiazole rings is 1. The number of allylic oxidation sites excluding steroid dienone is 3. The van der Waals surface area contributed by atoms with Crippen LogP contribution in [0.25, 0.3) is 0 Å². The summed E-state index contributed by atoms with van der Waals surface area (Å²) in [5, 5.41) is 5.44. The predicted molar refractivity (Wildman–Crippen MR) is 90.5 cm³/mol. The molecular formula is C17H17N3O2S. The second-order valence-corrected chi connectivity index (χ2v) is 6.56. The van der Waals surface area contributed by atoms with Crippen LogP contribution in [0, 0.1) is 12.8 Å². The lowest BCUT2D eigenvalue weighted by atomic mass is 9.84. The van der Waals surface area contributed by atoms with E-state index in [-0.39, 0.29) is 17.7 Å². The normalized spacial score (nSPS) is 22.0. The second-order valence-electron chi connectivity index (χ2n) is 5.50. The predicted octanol–water partition coefficient (Wildman–Crippen LogP) is 2.96. The Morgan fingerprint density at radius 2 is 2.22 bits per heavy atom. The van der Waals surface area contributed by atoms with E-state index in [0.717, 1.165) is 21.9 Å². The SMILES string of the molecule is CCC1=C(C)C2C=CC(=NC(=O)c3csc(C)n3)C=C2NC1=O. The number of hydrogen-bond acceptors (Lipinski definition) is 4. The number of amides is 2. The van der Waals surface area contributed by atoms with E-state index in [0.29, 0.717) is 17.8 Å². The maximum atomic E-state index is 12.1. The van der Waals surface area contributed by atoms with Crippen molar-refractivity contribution >= 4 is 28.9 Å². The molecule has 6 heteroatoms. The van der Waals surface area contributed by atoms with Crippen LogP contribution in [0.15, 0.2) is 45.4 Å². The van der Waals surface area contributed by atoms with Crippen LogP contribution in [0.1, 0.15) is 35.8 Å². The largest absolute Gasteiger partial charge is 0.325 e. The fraction of sp³-hybridized carbons (Fsp3) is 0.294. The first-order chi connectivity index (χ1) is 11.0. The number of nitrogens with one attached hydrogen (secondary N) is 1. The molecule has 118 valence electrons. The molecule has 0 radical (unpaired) electrons. The Morgan fingerprint density at radius 3 is 2.87 bits per heavy atom. The molecule has 0 saturated heterocycles. The van der Waals surface area contributed by atoms with Crippen LogP contribution in [0.3, 0.4) is 0 Å². The van der Waals surface area contributed by atoms with Crippen molar-refractivity contribution in [2.75, 3.05) is 0 Å². The van der Waals surface area contributed by atoms with Crippen LogP contribution in [0.5, 0.6) is 0 Å². The van der Waals surface area contributed by atoms with Crippen LogP contribution in [0.2, 0.25) is 0 Å². The average molecular weight is 327 g/mol. The molecular weight excluding hydrogens is 310 g/mol. The number of aliphatic imine (C=N–C) groups is 1. The highest BCUT2D eigenvalue weighted by Crippen LogP contribution is 2.31. The number of nitrogens with zero attached hydrogens (tertiary/aromatic N) is 2. The summed E-state index contributed by atoms with van der Waals surface area (Å²) in [5.41, 5.74) is 3.53. The molecule has 1 aromatic heterocycles.